The van der Waals surface area contributed by atoms with E-state index in [1.165, 1.54) is 30.3 Å². The van der Waals surface area contributed by atoms with Crippen molar-refractivity contribution >= 4 is 0 Å². The van der Waals surface area contributed by atoms with E-state index < -0.39 is 35.7 Å². The molecule has 0 bridgehead atoms. The van der Waals surface area contributed by atoms with Gasteiger partial charge in [0, 0.05) is 58.6 Å². The summed E-state index contributed by atoms with van der Waals surface area (Å²) in [6.07, 6.45) is -0.859. The van der Waals surface area contributed by atoms with Gasteiger partial charge >= 0.3 is 0 Å². The molecule has 0 radical (unpaired) electrons. The molecular formula is C42H32O10. The van der Waals surface area contributed by atoms with Gasteiger partial charge in [-0.2, -0.15) is 0 Å². The first kappa shape index (κ1) is 31.3. The highest BCUT2D eigenvalue weighted by Crippen LogP contribution is 2.70. The molecule has 52 heavy (non-hydrogen) atoms. The summed E-state index contributed by atoms with van der Waals surface area (Å²) in [5.74, 6) is -4.47. The average Bonchev–Trinajstić information content (AvgIpc) is 3.61. The second-order valence-corrected chi connectivity index (χ2v) is 13.8. The van der Waals surface area contributed by atoms with Crippen molar-refractivity contribution in [3.63, 3.8) is 0 Å². The Morgan fingerprint density at radius 1 is 0.346 bits per heavy atom. The number of fused-ring (bicyclic) bond motifs is 2. The van der Waals surface area contributed by atoms with Crippen molar-refractivity contribution in [2.75, 3.05) is 0 Å². The van der Waals surface area contributed by atoms with Gasteiger partial charge in [0.25, 0.3) is 0 Å². The minimum Gasteiger partial charge on any atom is -0.508 e. The van der Waals surface area contributed by atoms with Crippen LogP contribution in [0.5, 0.6) is 57.5 Å². The highest BCUT2D eigenvalue weighted by Gasteiger charge is 2.56. The molecule has 1 aliphatic heterocycles. The molecule has 9 N–H and O–H groups in total. The highest BCUT2D eigenvalue weighted by atomic mass is 16.5. The van der Waals surface area contributed by atoms with Gasteiger partial charge in [-0.15, -0.1) is 0 Å². The molecule has 0 aromatic heterocycles. The molecule has 260 valence electrons. The Balaban J connectivity index is 1.44. The molecule has 9 rings (SSSR count). The molecule has 10 nitrogen and oxygen atoms in total. The molecule has 0 unspecified atom stereocenters. The third kappa shape index (κ3) is 4.57. The summed E-state index contributed by atoms with van der Waals surface area (Å²) in [4.78, 5) is 0. The summed E-state index contributed by atoms with van der Waals surface area (Å²) in [6.45, 7) is 0. The first-order valence-corrected chi connectivity index (χ1v) is 16.7. The van der Waals surface area contributed by atoms with E-state index in [1.54, 1.807) is 72.8 Å². The van der Waals surface area contributed by atoms with E-state index in [0.717, 1.165) is 5.56 Å². The number of phenols is 9. The topological polar surface area (TPSA) is 191 Å². The second-order valence-electron chi connectivity index (χ2n) is 13.8. The Kier molecular flexibility index (Phi) is 6.72. The fourth-order valence-electron chi connectivity index (χ4n) is 9.13. The van der Waals surface area contributed by atoms with Crippen LogP contribution in [0.1, 0.15) is 85.8 Å². The summed E-state index contributed by atoms with van der Waals surface area (Å²) in [5.41, 5.74) is 5.33. The summed E-state index contributed by atoms with van der Waals surface area (Å²) < 4.78 is 6.65. The maximum atomic E-state index is 12.1. The predicted octanol–water partition coefficient (Wildman–Crippen LogP) is 7.46. The molecule has 0 saturated heterocycles. The van der Waals surface area contributed by atoms with E-state index in [9.17, 15) is 46.0 Å². The molecule has 0 fully saturated rings. The lowest BCUT2D eigenvalue weighted by molar-refractivity contribution is 0.220. The van der Waals surface area contributed by atoms with Crippen molar-refractivity contribution in [2.24, 2.45) is 0 Å². The van der Waals surface area contributed by atoms with Crippen LogP contribution in [0.25, 0.3) is 0 Å². The van der Waals surface area contributed by atoms with E-state index in [1.807, 2.05) is 0 Å². The van der Waals surface area contributed by atoms with E-state index in [-0.39, 0.29) is 51.7 Å². The van der Waals surface area contributed by atoms with Crippen LogP contribution in [-0.4, -0.2) is 46.0 Å². The third-order valence-electron chi connectivity index (χ3n) is 11.0. The van der Waals surface area contributed by atoms with Crippen LogP contribution in [-0.2, 0) is 0 Å². The van der Waals surface area contributed by atoms with Gasteiger partial charge < -0.3 is 50.7 Å². The summed E-state index contributed by atoms with van der Waals surface area (Å²) in [7, 11) is 0. The molecule has 0 saturated carbocycles. The van der Waals surface area contributed by atoms with E-state index >= 15 is 0 Å². The van der Waals surface area contributed by atoms with Gasteiger partial charge in [0.15, 0.2) is 11.5 Å². The van der Waals surface area contributed by atoms with Crippen LogP contribution in [0, 0.1) is 0 Å². The molecule has 6 aromatic carbocycles. The number of rotatable bonds is 4. The SMILES string of the molecule is Oc1ccc([C@H]2c3c(O)cc4c5c3[C@@H]([C@@H](c3ccc(O)cc3)c3c(O)cc(O)cc3[C@@H]5[C@@H](c3ccc(O)c(O)c3)O4)[C@@H]2c2cc(O)cc(O)c2)cc1. The molecule has 6 atom stereocenters. The molecule has 10 heteroatoms. The van der Waals surface area contributed by atoms with Crippen LogP contribution in [0.15, 0.2) is 103 Å². The van der Waals surface area contributed by atoms with Gasteiger partial charge in [-0.25, -0.2) is 0 Å². The van der Waals surface area contributed by atoms with Gasteiger partial charge in [-0.05, 0) is 88.0 Å². The minimum absolute atomic E-state index is 0.0241. The largest absolute Gasteiger partial charge is 0.508 e. The Labute approximate surface area is 296 Å². The van der Waals surface area contributed by atoms with Crippen molar-refractivity contribution in [2.45, 2.75) is 35.7 Å². The molecule has 2 aliphatic carbocycles. The minimum atomic E-state index is -0.859. The van der Waals surface area contributed by atoms with Crippen molar-refractivity contribution in [1.29, 1.82) is 0 Å². The lowest BCUT2D eigenvalue weighted by atomic mass is 9.69. The maximum Gasteiger partial charge on any atom is 0.157 e. The van der Waals surface area contributed by atoms with Gasteiger partial charge in [-0.3, -0.25) is 0 Å². The maximum absolute atomic E-state index is 12.1. The van der Waals surface area contributed by atoms with Gasteiger partial charge in [-0.1, -0.05) is 30.3 Å². The smallest absolute Gasteiger partial charge is 0.157 e. The molecule has 0 amide bonds. The van der Waals surface area contributed by atoms with Crippen molar-refractivity contribution in [3.8, 4) is 57.5 Å². The van der Waals surface area contributed by atoms with Crippen LogP contribution in [0.3, 0.4) is 0 Å². The number of aromatic hydroxyl groups is 9. The number of hydrogen-bond acceptors (Lipinski definition) is 10. The molecule has 1 heterocycles. The van der Waals surface area contributed by atoms with Crippen molar-refractivity contribution in [1.82, 2.24) is 0 Å². The van der Waals surface area contributed by atoms with Gasteiger partial charge in [0.1, 0.15) is 52.1 Å². The summed E-state index contributed by atoms with van der Waals surface area (Å²) in [6, 6.07) is 26.3. The zero-order valence-corrected chi connectivity index (χ0v) is 27.2. The van der Waals surface area contributed by atoms with Crippen LogP contribution in [0.2, 0.25) is 0 Å². The molecule has 3 aliphatic rings. The first-order valence-electron chi connectivity index (χ1n) is 16.7. The standard InChI is InChI=1S/C42H32O10/c43-22-6-1-18(2-7-22)33-35(21-11-24(45)14-25(46)12-21)40-34(19-3-8-23(44)9-4-19)36-27(15-26(47)16-30(36)50)37-39-32(17-31(51)38(33)41(39)40)52-42(37)20-5-10-28(48)29(49)13-20/h1-17,33-35,37,40,42-51H/t33-,34+,35-,37+,40+,42-/m1/s1. The predicted molar refractivity (Wildman–Crippen MR) is 188 cm³/mol. The van der Waals surface area contributed by atoms with Crippen LogP contribution < -0.4 is 4.74 Å². The Bertz CT molecular complexity index is 2400. The Morgan fingerprint density at radius 2 is 0.904 bits per heavy atom. The van der Waals surface area contributed by atoms with E-state index in [2.05, 4.69) is 0 Å². The fraction of sp³-hybridized carbons (Fsp3) is 0.143. The summed E-state index contributed by atoms with van der Waals surface area (Å²) in [5, 5.41) is 98.2. The second kappa shape index (κ2) is 11.2. The normalized spacial score (nSPS) is 22.3. The monoisotopic (exact) mass is 696 g/mol. The number of phenolic OH excluding ortho intramolecular Hbond substituents is 9. The number of benzene rings is 6. The van der Waals surface area contributed by atoms with E-state index in [0.29, 0.717) is 50.3 Å². The Hall–Kier alpha value is -6.68. The fourth-order valence-corrected chi connectivity index (χ4v) is 9.13. The van der Waals surface area contributed by atoms with Gasteiger partial charge in [0.05, 0.1) is 5.92 Å². The lowest BCUT2D eigenvalue weighted by Gasteiger charge is -2.34. The highest BCUT2D eigenvalue weighted by molar-refractivity contribution is 5.72. The average molecular weight is 697 g/mol. The quantitative estimate of drug-likeness (QED) is 0.0836. The molecule has 6 aromatic rings. The van der Waals surface area contributed by atoms with Crippen LogP contribution in [0.4, 0.5) is 0 Å². The molecule has 0 spiro atoms. The van der Waals surface area contributed by atoms with Crippen molar-refractivity contribution in [3.05, 3.63) is 153 Å². The van der Waals surface area contributed by atoms with Crippen LogP contribution >= 0.6 is 0 Å². The Morgan fingerprint density at radius 3 is 1.52 bits per heavy atom. The zero-order chi connectivity index (χ0) is 36.2. The van der Waals surface area contributed by atoms with Gasteiger partial charge in [0.2, 0.25) is 0 Å². The zero-order valence-electron chi connectivity index (χ0n) is 27.2. The number of hydrogen-bond donors (Lipinski definition) is 9. The van der Waals surface area contributed by atoms with E-state index in [4.69, 9.17) is 4.74 Å². The lowest BCUT2D eigenvalue weighted by Crippen LogP contribution is -2.20. The number of ether oxygens (including phenoxy) is 1. The third-order valence-corrected chi connectivity index (χ3v) is 11.0. The molecular weight excluding hydrogens is 664 g/mol. The van der Waals surface area contributed by atoms with Crippen molar-refractivity contribution < 1.29 is 50.7 Å². The first-order chi connectivity index (χ1) is 25.0. The summed E-state index contributed by atoms with van der Waals surface area (Å²) >= 11 is 0.